The highest BCUT2D eigenvalue weighted by atomic mass is 16.5. The Balaban J connectivity index is 1.39. The van der Waals surface area contributed by atoms with Crippen LogP contribution in [0.1, 0.15) is 25.7 Å². The number of H-pyrrole nitrogens is 1. The molecule has 0 radical (unpaired) electrons. The van der Waals surface area contributed by atoms with Crippen LogP contribution in [0.2, 0.25) is 0 Å². The maximum atomic E-state index is 12.8. The van der Waals surface area contributed by atoms with Crippen molar-refractivity contribution in [2.75, 3.05) is 33.8 Å². The van der Waals surface area contributed by atoms with Gasteiger partial charge in [0.05, 0.1) is 24.7 Å². The van der Waals surface area contributed by atoms with Crippen LogP contribution in [0, 0.1) is 11.8 Å². The summed E-state index contributed by atoms with van der Waals surface area (Å²) in [5, 5.41) is 0. The lowest BCUT2D eigenvalue weighted by Gasteiger charge is -2.36. The molecule has 156 valence electrons. The van der Waals surface area contributed by atoms with Crippen LogP contribution in [-0.2, 0) is 16.1 Å². The molecule has 1 saturated carbocycles. The first kappa shape index (κ1) is 19.5. The lowest BCUT2D eigenvalue weighted by atomic mass is 9.81. The highest BCUT2D eigenvalue weighted by molar-refractivity contribution is 5.87. The van der Waals surface area contributed by atoms with Gasteiger partial charge in [-0.3, -0.25) is 14.2 Å². The number of amides is 2. The molecule has 1 N–H and O–H groups in total. The van der Waals surface area contributed by atoms with E-state index in [0.717, 1.165) is 42.5 Å². The molecule has 2 aromatic rings. The summed E-state index contributed by atoms with van der Waals surface area (Å²) < 4.78 is 7.07. The van der Waals surface area contributed by atoms with Gasteiger partial charge in [0, 0.05) is 38.7 Å². The largest absolute Gasteiger partial charge is 0.497 e. The Morgan fingerprint density at radius 3 is 2.62 bits per heavy atom. The van der Waals surface area contributed by atoms with Crippen molar-refractivity contribution in [3.63, 3.8) is 0 Å². The average Bonchev–Trinajstić information content (AvgIpc) is 3.04. The number of ether oxygens (including phenoxy) is 1. The molecule has 0 atom stereocenters. The Morgan fingerprint density at radius 1 is 1.17 bits per heavy atom. The van der Waals surface area contributed by atoms with Crippen molar-refractivity contribution in [1.82, 2.24) is 19.4 Å². The molecule has 1 aromatic carbocycles. The SMILES string of the molecule is COc1ccc2[nH]c(=O)n(C[C@H]3CC[C@H](C(=O)N4CCN(C)C(=O)C4)CC3)c2c1. The van der Waals surface area contributed by atoms with Crippen LogP contribution in [0.5, 0.6) is 5.75 Å². The first-order valence-electron chi connectivity index (χ1n) is 10.3. The fourth-order valence-corrected chi connectivity index (χ4v) is 4.50. The van der Waals surface area contributed by atoms with Crippen LogP contribution >= 0.6 is 0 Å². The smallest absolute Gasteiger partial charge is 0.326 e. The van der Waals surface area contributed by atoms with E-state index in [-0.39, 0.29) is 30.0 Å². The zero-order chi connectivity index (χ0) is 20.5. The number of aromatic amines is 1. The maximum Gasteiger partial charge on any atom is 0.326 e. The quantitative estimate of drug-likeness (QED) is 0.841. The van der Waals surface area contributed by atoms with Gasteiger partial charge in [0.25, 0.3) is 0 Å². The normalized spacial score (nSPS) is 22.9. The third-order valence-corrected chi connectivity index (χ3v) is 6.39. The monoisotopic (exact) mass is 400 g/mol. The minimum atomic E-state index is -0.109. The number of carbonyl (C=O) groups excluding carboxylic acids is 2. The first-order chi connectivity index (χ1) is 14.0. The van der Waals surface area contributed by atoms with E-state index in [1.807, 2.05) is 18.2 Å². The number of likely N-dealkylation sites (N-methyl/N-ethyl adjacent to an activating group) is 1. The second-order valence-electron chi connectivity index (χ2n) is 8.22. The third kappa shape index (κ3) is 3.88. The fraction of sp³-hybridized carbons (Fsp3) is 0.571. The Hall–Kier alpha value is -2.77. The zero-order valence-electron chi connectivity index (χ0n) is 17.0. The first-order valence-corrected chi connectivity index (χ1v) is 10.3. The fourth-order valence-electron chi connectivity index (χ4n) is 4.50. The van der Waals surface area contributed by atoms with Gasteiger partial charge in [0.1, 0.15) is 5.75 Å². The molecule has 1 aromatic heterocycles. The number of methoxy groups -OCH3 is 1. The van der Waals surface area contributed by atoms with Gasteiger partial charge in [0.2, 0.25) is 11.8 Å². The molecule has 29 heavy (non-hydrogen) atoms. The molecule has 0 unspecified atom stereocenters. The topological polar surface area (TPSA) is 87.6 Å². The summed E-state index contributed by atoms with van der Waals surface area (Å²) in [6.07, 6.45) is 3.43. The number of nitrogens with zero attached hydrogens (tertiary/aromatic N) is 3. The molecule has 0 spiro atoms. The number of rotatable bonds is 4. The zero-order valence-corrected chi connectivity index (χ0v) is 17.0. The highest BCUT2D eigenvalue weighted by Gasteiger charge is 2.33. The van der Waals surface area contributed by atoms with Crippen molar-refractivity contribution in [2.24, 2.45) is 11.8 Å². The summed E-state index contributed by atoms with van der Waals surface area (Å²) in [4.78, 5) is 43.4. The van der Waals surface area contributed by atoms with Crippen LogP contribution in [0.25, 0.3) is 11.0 Å². The highest BCUT2D eigenvalue weighted by Crippen LogP contribution is 2.32. The number of hydrogen-bond acceptors (Lipinski definition) is 4. The molecule has 1 aliphatic heterocycles. The number of nitrogens with one attached hydrogen (secondary N) is 1. The lowest BCUT2D eigenvalue weighted by Crippen LogP contribution is -2.52. The molecule has 2 aliphatic rings. The number of imidazole rings is 1. The van der Waals surface area contributed by atoms with Crippen LogP contribution in [0.4, 0.5) is 0 Å². The van der Waals surface area contributed by atoms with Gasteiger partial charge < -0.3 is 19.5 Å². The molecular formula is C21H28N4O4. The number of fused-ring (bicyclic) bond motifs is 1. The van der Waals surface area contributed by atoms with Crippen molar-refractivity contribution in [1.29, 1.82) is 0 Å². The summed E-state index contributed by atoms with van der Waals surface area (Å²) in [5.41, 5.74) is 1.55. The molecule has 0 bridgehead atoms. The summed E-state index contributed by atoms with van der Waals surface area (Å²) in [6, 6.07) is 5.58. The van der Waals surface area contributed by atoms with Crippen LogP contribution in [0.3, 0.4) is 0 Å². The van der Waals surface area contributed by atoms with Gasteiger partial charge in [-0.05, 0) is 43.7 Å². The van der Waals surface area contributed by atoms with Gasteiger partial charge >= 0.3 is 5.69 Å². The second-order valence-corrected chi connectivity index (χ2v) is 8.22. The van der Waals surface area contributed by atoms with E-state index in [4.69, 9.17) is 4.74 Å². The molecular weight excluding hydrogens is 372 g/mol. The number of hydrogen-bond donors (Lipinski definition) is 1. The molecule has 4 rings (SSSR count). The van der Waals surface area contributed by atoms with Crippen LogP contribution < -0.4 is 10.4 Å². The van der Waals surface area contributed by atoms with E-state index < -0.39 is 0 Å². The molecule has 2 fully saturated rings. The van der Waals surface area contributed by atoms with Gasteiger partial charge in [-0.25, -0.2) is 4.79 Å². The van der Waals surface area contributed by atoms with Crippen molar-refractivity contribution >= 4 is 22.8 Å². The predicted molar refractivity (Wildman–Crippen MR) is 109 cm³/mol. The van der Waals surface area contributed by atoms with E-state index >= 15 is 0 Å². The van der Waals surface area contributed by atoms with Gasteiger partial charge in [-0.1, -0.05) is 0 Å². The average molecular weight is 400 g/mol. The van der Waals surface area contributed by atoms with Gasteiger partial charge in [-0.15, -0.1) is 0 Å². The second kappa shape index (κ2) is 7.93. The predicted octanol–water partition coefficient (Wildman–Crippen LogP) is 1.45. The van der Waals surface area contributed by atoms with Crippen LogP contribution in [0.15, 0.2) is 23.0 Å². The molecule has 8 heteroatoms. The van der Waals surface area contributed by atoms with E-state index in [1.165, 1.54) is 0 Å². The number of aromatic nitrogens is 2. The van der Waals surface area contributed by atoms with E-state index in [1.54, 1.807) is 28.5 Å². The molecule has 1 aliphatic carbocycles. The van der Waals surface area contributed by atoms with Gasteiger partial charge in [0.15, 0.2) is 0 Å². The van der Waals surface area contributed by atoms with E-state index in [2.05, 4.69) is 4.98 Å². The molecule has 8 nitrogen and oxygen atoms in total. The summed E-state index contributed by atoms with van der Waals surface area (Å²) >= 11 is 0. The number of benzene rings is 1. The third-order valence-electron chi connectivity index (χ3n) is 6.39. The van der Waals surface area contributed by atoms with Gasteiger partial charge in [-0.2, -0.15) is 0 Å². The van der Waals surface area contributed by atoms with Crippen LogP contribution in [-0.4, -0.2) is 65.0 Å². The summed E-state index contributed by atoms with van der Waals surface area (Å²) in [7, 11) is 3.39. The molecule has 1 saturated heterocycles. The Morgan fingerprint density at radius 2 is 1.93 bits per heavy atom. The minimum absolute atomic E-state index is 0.00688. The van der Waals surface area contributed by atoms with E-state index in [0.29, 0.717) is 25.6 Å². The van der Waals surface area contributed by atoms with E-state index in [9.17, 15) is 14.4 Å². The minimum Gasteiger partial charge on any atom is -0.497 e. The molecule has 2 amide bonds. The van der Waals surface area contributed by atoms with Crippen molar-refractivity contribution in [3.05, 3.63) is 28.7 Å². The Bertz CT molecular complexity index is 971. The van der Waals surface area contributed by atoms with Crippen molar-refractivity contribution in [2.45, 2.75) is 32.2 Å². The van der Waals surface area contributed by atoms with Crippen molar-refractivity contribution in [3.8, 4) is 5.75 Å². The standard InChI is InChI=1S/C21H28N4O4/c1-23-9-10-24(13-19(23)26)20(27)15-5-3-14(4-6-15)12-25-18-11-16(29-2)7-8-17(18)22-21(25)28/h7-8,11,14-15H,3-6,9-10,12-13H2,1-2H3,(H,22,28)/t14-,15-. The summed E-state index contributed by atoms with van der Waals surface area (Å²) in [5.74, 6) is 1.19. The maximum absolute atomic E-state index is 12.8. The van der Waals surface area contributed by atoms with Crippen molar-refractivity contribution < 1.29 is 14.3 Å². The Kier molecular flexibility index (Phi) is 5.34. The number of carbonyl (C=O) groups is 2. The lowest BCUT2D eigenvalue weighted by molar-refractivity contribution is -0.147. The Labute approximate surface area is 169 Å². The molecule has 2 heterocycles. The summed E-state index contributed by atoms with van der Waals surface area (Å²) in [6.45, 7) is 2.06. The number of piperazine rings is 1.